The Morgan fingerprint density at radius 2 is 1.85 bits per heavy atom. The number of carboxylic acid groups (broad SMARTS) is 1. The Morgan fingerprint density at radius 1 is 1.19 bits per heavy atom. The minimum Gasteiger partial charge on any atom is -0.550 e. The minimum absolute atomic E-state index is 0.0830. The van der Waals surface area contributed by atoms with E-state index in [0.29, 0.717) is 12.8 Å². The summed E-state index contributed by atoms with van der Waals surface area (Å²) in [5, 5.41) is 13.5. The third-order valence-corrected chi connectivity index (χ3v) is 4.77. The molecular weight excluding hydrogens is 351 g/mol. The lowest BCUT2D eigenvalue weighted by molar-refractivity contribution is -0.308. The van der Waals surface area contributed by atoms with Crippen molar-refractivity contribution in [2.45, 2.75) is 51.1 Å². The zero-order chi connectivity index (χ0) is 19.4. The maximum atomic E-state index is 12.9. The Balaban J connectivity index is 2.18. The van der Waals surface area contributed by atoms with Gasteiger partial charge in [0.1, 0.15) is 5.75 Å². The number of rotatable bonds is 6. The zero-order valence-corrected chi connectivity index (χ0v) is 14.4. The van der Waals surface area contributed by atoms with Crippen LogP contribution in [0.1, 0.15) is 50.5 Å². The number of benzene rings is 1. The molecule has 0 unspecified atom stereocenters. The number of carbonyl (C=O) groups is 2. The number of alkyl halides is 3. The number of aliphatic carboxylic acids is 1. The quantitative estimate of drug-likeness (QED) is 0.832. The number of carbonyl (C=O) groups excluding carboxylic acids is 2. The van der Waals surface area contributed by atoms with Gasteiger partial charge in [-0.25, -0.2) is 0 Å². The van der Waals surface area contributed by atoms with Crippen molar-refractivity contribution >= 4 is 17.6 Å². The summed E-state index contributed by atoms with van der Waals surface area (Å²) in [4.78, 5) is 23.5. The molecule has 1 aromatic rings. The van der Waals surface area contributed by atoms with E-state index in [1.807, 2.05) is 0 Å². The van der Waals surface area contributed by atoms with Crippen LogP contribution in [0.5, 0.6) is 5.75 Å². The van der Waals surface area contributed by atoms with Crippen molar-refractivity contribution < 1.29 is 32.6 Å². The fraction of sp³-hybridized carbons (Fsp3) is 0.556. The van der Waals surface area contributed by atoms with Gasteiger partial charge in [-0.1, -0.05) is 19.3 Å². The third-order valence-electron chi connectivity index (χ3n) is 4.77. The molecule has 0 heterocycles. The topological polar surface area (TPSA) is 78.5 Å². The predicted molar refractivity (Wildman–Crippen MR) is 86.4 cm³/mol. The summed E-state index contributed by atoms with van der Waals surface area (Å²) in [6.07, 6.45) is -1.12. The first-order valence-electron chi connectivity index (χ1n) is 8.40. The highest BCUT2D eigenvalue weighted by atomic mass is 19.4. The van der Waals surface area contributed by atoms with Crippen LogP contribution >= 0.6 is 0 Å². The van der Waals surface area contributed by atoms with Gasteiger partial charge < -0.3 is 20.0 Å². The lowest BCUT2D eigenvalue weighted by Crippen LogP contribution is -2.36. The van der Waals surface area contributed by atoms with Gasteiger partial charge in [-0.3, -0.25) is 4.79 Å². The molecule has 0 radical (unpaired) electrons. The smallest absolute Gasteiger partial charge is 0.416 e. The van der Waals surface area contributed by atoms with Gasteiger partial charge in [-0.2, -0.15) is 13.2 Å². The molecule has 0 aromatic heterocycles. The average Bonchev–Trinajstić information content (AvgIpc) is 2.53. The van der Waals surface area contributed by atoms with Crippen LogP contribution in [-0.4, -0.2) is 19.0 Å². The van der Waals surface area contributed by atoms with E-state index in [4.69, 9.17) is 4.74 Å². The van der Waals surface area contributed by atoms with E-state index in [-0.39, 0.29) is 24.3 Å². The monoisotopic (exact) mass is 372 g/mol. The van der Waals surface area contributed by atoms with Crippen molar-refractivity contribution in [3.63, 3.8) is 0 Å². The van der Waals surface area contributed by atoms with Crippen LogP contribution in [0.3, 0.4) is 0 Å². The molecule has 5 nitrogen and oxygen atoms in total. The molecule has 1 aliphatic rings. The summed E-state index contributed by atoms with van der Waals surface area (Å²) >= 11 is 0. The number of halogens is 3. The first-order chi connectivity index (χ1) is 12.1. The van der Waals surface area contributed by atoms with Crippen molar-refractivity contribution in [1.82, 2.24) is 0 Å². The zero-order valence-electron chi connectivity index (χ0n) is 14.4. The molecule has 0 bridgehead atoms. The van der Waals surface area contributed by atoms with Crippen LogP contribution < -0.4 is 15.2 Å². The fourth-order valence-corrected chi connectivity index (χ4v) is 3.54. The maximum Gasteiger partial charge on any atom is 0.416 e. The van der Waals surface area contributed by atoms with Gasteiger partial charge in [0.2, 0.25) is 5.91 Å². The second kappa shape index (κ2) is 7.97. The van der Waals surface area contributed by atoms with Gasteiger partial charge >= 0.3 is 6.18 Å². The number of hydrogen-bond acceptors (Lipinski definition) is 4. The normalized spacial score (nSPS) is 16.8. The summed E-state index contributed by atoms with van der Waals surface area (Å²) in [5.41, 5.74) is -1.71. The van der Waals surface area contributed by atoms with Gasteiger partial charge in [-0.05, 0) is 42.9 Å². The largest absolute Gasteiger partial charge is 0.550 e. The Kier molecular flexibility index (Phi) is 6.15. The van der Waals surface area contributed by atoms with E-state index in [0.717, 1.165) is 37.5 Å². The molecule has 2 rings (SSSR count). The second-order valence-corrected chi connectivity index (χ2v) is 6.75. The predicted octanol–water partition coefficient (Wildman–Crippen LogP) is 3.13. The van der Waals surface area contributed by atoms with Gasteiger partial charge in [0.15, 0.2) is 0 Å². The molecule has 0 atom stereocenters. The molecule has 1 N–H and O–H groups in total. The van der Waals surface area contributed by atoms with Crippen LogP contribution in [-0.2, 0) is 15.8 Å². The van der Waals surface area contributed by atoms with Crippen LogP contribution in [0.2, 0.25) is 0 Å². The number of carboxylic acids is 1. The van der Waals surface area contributed by atoms with Gasteiger partial charge in [0.05, 0.1) is 18.4 Å². The molecular formula is C18H21F3NO4-. The molecule has 0 saturated heterocycles. The lowest BCUT2D eigenvalue weighted by atomic mass is 9.69. The molecule has 1 aromatic carbocycles. The molecule has 1 saturated carbocycles. The molecule has 1 amide bonds. The highest BCUT2D eigenvalue weighted by Gasteiger charge is 2.35. The van der Waals surface area contributed by atoms with Crippen molar-refractivity contribution in [2.24, 2.45) is 5.41 Å². The fourth-order valence-electron chi connectivity index (χ4n) is 3.54. The molecule has 0 spiro atoms. The van der Waals surface area contributed by atoms with E-state index in [1.54, 1.807) is 0 Å². The number of methoxy groups -OCH3 is 1. The Bertz CT molecular complexity index is 667. The summed E-state index contributed by atoms with van der Waals surface area (Å²) in [5.74, 6) is -1.66. The SMILES string of the molecule is COc1ccc(C(F)(F)F)cc1NC(=O)CC1(CC(=O)[O-])CCCCC1. The van der Waals surface area contributed by atoms with Gasteiger partial charge in [0, 0.05) is 12.4 Å². The highest BCUT2D eigenvalue weighted by molar-refractivity contribution is 5.93. The van der Waals surface area contributed by atoms with E-state index >= 15 is 0 Å². The molecule has 8 heteroatoms. The maximum absolute atomic E-state index is 12.9. The molecule has 1 fully saturated rings. The number of hydrogen-bond donors (Lipinski definition) is 1. The number of anilines is 1. The first-order valence-corrected chi connectivity index (χ1v) is 8.40. The summed E-state index contributed by atoms with van der Waals surface area (Å²) in [6, 6.07) is 2.81. The highest BCUT2D eigenvalue weighted by Crippen LogP contribution is 2.42. The van der Waals surface area contributed by atoms with E-state index in [1.165, 1.54) is 7.11 Å². The van der Waals surface area contributed by atoms with Crippen LogP contribution in [0.15, 0.2) is 18.2 Å². The molecule has 1 aliphatic carbocycles. The standard InChI is InChI=1S/C18H22F3NO4/c1-26-14-6-5-12(18(19,20)21)9-13(14)22-15(23)10-17(11-16(24)25)7-3-2-4-8-17/h5-6,9H,2-4,7-8,10-11H2,1H3,(H,22,23)(H,24,25)/p-1. The van der Waals surface area contributed by atoms with E-state index in [9.17, 15) is 27.9 Å². The summed E-state index contributed by atoms with van der Waals surface area (Å²) < 4.78 is 43.7. The number of ether oxygens (including phenoxy) is 1. The lowest BCUT2D eigenvalue weighted by Gasteiger charge is -2.37. The summed E-state index contributed by atoms with van der Waals surface area (Å²) in [7, 11) is 1.29. The van der Waals surface area contributed by atoms with E-state index < -0.39 is 29.0 Å². The van der Waals surface area contributed by atoms with Crippen molar-refractivity contribution in [2.75, 3.05) is 12.4 Å². The van der Waals surface area contributed by atoms with Crippen LogP contribution in [0.4, 0.5) is 18.9 Å². The third kappa shape index (κ3) is 5.12. The molecule has 26 heavy (non-hydrogen) atoms. The van der Waals surface area contributed by atoms with Crippen molar-refractivity contribution in [3.05, 3.63) is 23.8 Å². The summed E-state index contributed by atoms with van der Waals surface area (Å²) in [6.45, 7) is 0. The first kappa shape index (κ1) is 20.1. The number of amides is 1. The van der Waals surface area contributed by atoms with Crippen LogP contribution in [0.25, 0.3) is 0 Å². The Morgan fingerprint density at radius 3 is 2.38 bits per heavy atom. The molecule has 0 aliphatic heterocycles. The van der Waals surface area contributed by atoms with E-state index in [2.05, 4.69) is 5.32 Å². The Labute approximate surface area is 149 Å². The number of nitrogens with one attached hydrogen (secondary N) is 1. The minimum atomic E-state index is -4.55. The molecule has 144 valence electrons. The average molecular weight is 372 g/mol. The van der Waals surface area contributed by atoms with Gasteiger partial charge in [-0.15, -0.1) is 0 Å². The van der Waals surface area contributed by atoms with Crippen molar-refractivity contribution in [3.8, 4) is 5.75 Å². The van der Waals surface area contributed by atoms with Gasteiger partial charge in [0.25, 0.3) is 0 Å². The Hall–Kier alpha value is -2.25. The van der Waals surface area contributed by atoms with Crippen molar-refractivity contribution in [1.29, 1.82) is 0 Å². The second-order valence-electron chi connectivity index (χ2n) is 6.75. The van der Waals surface area contributed by atoms with Crippen LogP contribution in [0, 0.1) is 5.41 Å².